The molecule has 4 nitrogen and oxygen atoms in total. The van der Waals surface area contributed by atoms with Gasteiger partial charge in [0.2, 0.25) is 0 Å². The molecule has 2 aromatic rings. The normalized spacial score (nSPS) is 10.3. The maximum Gasteiger partial charge on any atom is 0.305 e. The smallest absolute Gasteiger partial charge is 0.305 e. The number of benzene rings is 1. The van der Waals surface area contributed by atoms with Crippen molar-refractivity contribution in [1.82, 2.24) is 4.98 Å². The van der Waals surface area contributed by atoms with Crippen molar-refractivity contribution in [2.75, 3.05) is 14.2 Å². The summed E-state index contributed by atoms with van der Waals surface area (Å²) in [5.74, 6) is 1.40. The predicted octanol–water partition coefficient (Wildman–Crippen LogP) is 2.43. The highest BCUT2D eigenvalue weighted by Crippen LogP contribution is 2.34. The van der Waals surface area contributed by atoms with Crippen molar-refractivity contribution in [2.24, 2.45) is 0 Å². The average molecular weight is 251 g/mol. The molecule has 0 spiro atoms. The van der Waals surface area contributed by atoms with E-state index in [2.05, 4.69) is 4.98 Å². The van der Waals surface area contributed by atoms with Gasteiger partial charge in [-0.3, -0.25) is 4.79 Å². The van der Waals surface area contributed by atoms with Gasteiger partial charge in [0, 0.05) is 16.5 Å². The number of aromatic nitrogens is 1. The number of ether oxygens (including phenoxy) is 2. The Balaban J connectivity index is 2.59. The van der Waals surface area contributed by atoms with Crippen LogP contribution in [0.1, 0.15) is 4.88 Å². The fraction of sp³-hybridized carbons (Fsp3) is 0.250. The average Bonchev–Trinajstić information content (AvgIpc) is 2.67. The van der Waals surface area contributed by atoms with Crippen LogP contribution < -0.4 is 14.3 Å². The number of aromatic amines is 1. The lowest BCUT2D eigenvalue weighted by Crippen LogP contribution is -1.95. The van der Waals surface area contributed by atoms with E-state index in [0.29, 0.717) is 5.75 Å². The summed E-state index contributed by atoms with van der Waals surface area (Å²) in [5.41, 5.74) is 1.67. The third-order valence-corrected chi connectivity index (χ3v) is 3.30. The van der Waals surface area contributed by atoms with Gasteiger partial charge in [-0.15, -0.1) is 0 Å². The highest BCUT2D eigenvalue weighted by molar-refractivity contribution is 7.09. The van der Waals surface area contributed by atoms with Gasteiger partial charge in [-0.2, -0.15) is 0 Å². The molecule has 1 aromatic heterocycles. The summed E-state index contributed by atoms with van der Waals surface area (Å²) in [4.78, 5) is 15.0. The molecule has 5 heteroatoms. The molecule has 0 saturated carbocycles. The minimum absolute atomic E-state index is 0.0598. The number of hydrogen-bond donors (Lipinski definition) is 1. The van der Waals surface area contributed by atoms with Crippen molar-refractivity contribution in [1.29, 1.82) is 0 Å². The van der Waals surface area contributed by atoms with Crippen LogP contribution in [0.2, 0.25) is 0 Å². The fourth-order valence-electron chi connectivity index (χ4n) is 1.67. The lowest BCUT2D eigenvalue weighted by atomic mass is 10.1. The van der Waals surface area contributed by atoms with Crippen LogP contribution in [0, 0.1) is 6.92 Å². The first-order valence-corrected chi connectivity index (χ1v) is 5.89. The van der Waals surface area contributed by atoms with Crippen molar-refractivity contribution in [2.45, 2.75) is 6.92 Å². The first kappa shape index (κ1) is 11.7. The molecular formula is C12H13NO3S. The second-order valence-corrected chi connectivity index (χ2v) is 4.70. The van der Waals surface area contributed by atoms with Gasteiger partial charge in [-0.05, 0) is 19.1 Å². The molecular weight excluding hydrogens is 238 g/mol. The minimum Gasteiger partial charge on any atom is -0.497 e. The van der Waals surface area contributed by atoms with Crippen LogP contribution in [0.4, 0.5) is 0 Å². The molecule has 0 bridgehead atoms. The van der Waals surface area contributed by atoms with Crippen LogP contribution in [0.15, 0.2) is 23.0 Å². The largest absolute Gasteiger partial charge is 0.497 e. The Morgan fingerprint density at radius 2 is 2.00 bits per heavy atom. The summed E-state index contributed by atoms with van der Waals surface area (Å²) in [6, 6.07) is 5.51. The fourth-order valence-corrected chi connectivity index (χ4v) is 2.36. The second-order valence-electron chi connectivity index (χ2n) is 3.51. The summed E-state index contributed by atoms with van der Waals surface area (Å²) in [5, 5.41) is 0. The van der Waals surface area contributed by atoms with Crippen LogP contribution in [0.25, 0.3) is 11.3 Å². The van der Waals surface area contributed by atoms with Gasteiger partial charge in [-0.1, -0.05) is 11.3 Å². The van der Waals surface area contributed by atoms with Gasteiger partial charge < -0.3 is 14.5 Å². The number of hydrogen-bond acceptors (Lipinski definition) is 4. The summed E-state index contributed by atoms with van der Waals surface area (Å²) in [7, 11) is 3.20. The molecule has 0 fully saturated rings. The van der Waals surface area contributed by atoms with Gasteiger partial charge in [0.1, 0.15) is 11.5 Å². The van der Waals surface area contributed by atoms with E-state index >= 15 is 0 Å². The summed E-state index contributed by atoms with van der Waals surface area (Å²) < 4.78 is 10.4. The van der Waals surface area contributed by atoms with Crippen LogP contribution >= 0.6 is 11.3 Å². The summed E-state index contributed by atoms with van der Waals surface area (Å²) in [6.45, 7) is 1.90. The zero-order chi connectivity index (χ0) is 12.4. The highest BCUT2D eigenvalue weighted by atomic mass is 32.1. The number of rotatable bonds is 3. The molecule has 1 N–H and O–H groups in total. The first-order valence-electron chi connectivity index (χ1n) is 5.08. The molecule has 0 aliphatic rings. The maximum absolute atomic E-state index is 11.3. The Labute approximate surface area is 103 Å². The Kier molecular flexibility index (Phi) is 3.19. The molecule has 0 aliphatic carbocycles. The van der Waals surface area contributed by atoms with Crippen LogP contribution in [-0.2, 0) is 0 Å². The van der Waals surface area contributed by atoms with Crippen molar-refractivity contribution in [3.8, 4) is 22.8 Å². The molecule has 2 rings (SSSR count). The van der Waals surface area contributed by atoms with Crippen LogP contribution in [0.3, 0.4) is 0 Å². The molecule has 1 aromatic carbocycles. The van der Waals surface area contributed by atoms with Gasteiger partial charge in [0.05, 0.1) is 19.9 Å². The standard InChI is InChI=1S/C12H13NO3S/c1-7-11(13-12(14)17-7)9-5-4-8(15-2)6-10(9)16-3/h4-6H,1-3H3,(H,13,14). The third kappa shape index (κ3) is 2.19. The Morgan fingerprint density at radius 3 is 2.53 bits per heavy atom. The van der Waals surface area contributed by atoms with E-state index in [1.54, 1.807) is 20.3 Å². The van der Waals surface area contributed by atoms with Gasteiger partial charge >= 0.3 is 4.87 Å². The van der Waals surface area contributed by atoms with Crippen molar-refractivity contribution >= 4 is 11.3 Å². The SMILES string of the molecule is COc1ccc(-c2[nH]c(=O)sc2C)c(OC)c1. The number of methoxy groups -OCH3 is 2. The predicted molar refractivity (Wildman–Crippen MR) is 68.2 cm³/mol. The quantitative estimate of drug-likeness (QED) is 0.911. The molecule has 0 unspecified atom stereocenters. The number of nitrogens with one attached hydrogen (secondary N) is 1. The highest BCUT2D eigenvalue weighted by Gasteiger charge is 2.12. The van der Waals surface area contributed by atoms with E-state index in [1.807, 2.05) is 19.1 Å². The molecule has 0 radical (unpaired) electrons. The zero-order valence-corrected chi connectivity index (χ0v) is 10.7. The molecule has 0 atom stereocenters. The van der Waals surface area contributed by atoms with E-state index in [9.17, 15) is 4.79 Å². The molecule has 90 valence electrons. The van der Waals surface area contributed by atoms with Crippen molar-refractivity contribution < 1.29 is 9.47 Å². The maximum atomic E-state index is 11.3. The molecule has 1 heterocycles. The molecule has 0 aliphatic heterocycles. The topological polar surface area (TPSA) is 51.3 Å². The van der Waals surface area contributed by atoms with E-state index in [0.717, 1.165) is 21.9 Å². The number of aryl methyl sites for hydroxylation is 1. The van der Waals surface area contributed by atoms with E-state index in [1.165, 1.54) is 11.3 Å². The second kappa shape index (κ2) is 4.63. The van der Waals surface area contributed by atoms with E-state index < -0.39 is 0 Å². The third-order valence-electron chi connectivity index (χ3n) is 2.50. The molecule has 0 amide bonds. The number of thiazole rings is 1. The number of H-pyrrole nitrogens is 1. The molecule has 17 heavy (non-hydrogen) atoms. The first-order chi connectivity index (χ1) is 8.15. The lowest BCUT2D eigenvalue weighted by Gasteiger charge is -2.09. The van der Waals surface area contributed by atoms with Crippen LogP contribution in [-0.4, -0.2) is 19.2 Å². The monoisotopic (exact) mass is 251 g/mol. The Hall–Kier alpha value is -1.75. The summed E-state index contributed by atoms with van der Waals surface area (Å²) >= 11 is 1.20. The molecule has 0 saturated heterocycles. The van der Waals surface area contributed by atoms with E-state index in [4.69, 9.17) is 9.47 Å². The Bertz CT molecular complexity index is 586. The Morgan fingerprint density at radius 1 is 1.24 bits per heavy atom. The minimum atomic E-state index is -0.0598. The van der Waals surface area contributed by atoms with Gasteiger partial charge in [-0.25, -0.2) is 0 Å². The van der Waals surface area contributed by atoms with E-state index in [-0.39, 0.29) is 4.87 Å². The van der Waals surface area contributed by atoms with Crippen molar-refractivity contribution in [3.63, 3.8) is 0 Å². The summed E-state index contributed by atoms with van der Waals surface area (Å²) in [6.07, 6.45) is 0. The van der Waals surface area contributed by atoms with Gasteiger partial charge in [0.15, 0.2) is 0 Å². The van der Waals surface area contributed by atoms with Gasteiger partial charge in [0.25, 0.3) is 0 Å². The zero-order valence-electron chi connectivity index (χ0n) is 9.87. The lowest BCUT2D eigenvalue weighted by molar-refractivity contribution is 0.395. The van der Waals surface area contributed by atoms with Crippen LogP contribution in [0.5, 0.6) is 11.5 Å². The van der Waals surface area contributed by atoms with Crippen molar-refractivity contribution in [3.05, 3.63) is 32.7 Å².